The quantitative estimate of drug-likeness (QED) is 0.465. The molecule has 1 fully saturated rings. The highest BCUT2D eigenvalue weighted by Gasteiger charge is 2.15. The maximum atomic E-state index is 12.5. The van der Waals surface area contributed by atoms with Gasteiger partial charge in [-0.15, -0.1) is 10.2 Å². The second kappa shape index (κ2) is 11.8. The Morgan fingerprint density at radius 3 is 2.42 bits per heavy atom. The molecule has 4 rings (SSSR count). The van der Waals surface area contributed by atoms with Crippen LogP contribution in [-0.2, 0) is 0 Å². The Hall–Kier alpha value is -3.21. The molecule has 1 saturated carbocycles. The minimum Gasteiger partial charge on any atom is -0.352 e. The third-order valence-corrected chi connectivity index (χ3v) is 5.41. The predicted octanol–water partition coefficient (Wildman–Crippen LogP) is 6.72. The summed E-state index contributed by atoms with van der Waals surface area (Å²) in [5.41, 5.74) is 3.33. The van der Waals surface area contributed by atoms with Crippen molar-refractivity contribution in [3.05, 3.63) is 72.3 Å². The van der Waals surface area contributed by atoms with E-state index in [4.69, 9.17) is 0 Å². The first kappa shape index (κ1) is 22.5. The van der Waals surface area contributed by atoms with Crippen LogP contribution in [0.25, 0.3) is 11.3 Å². The van der Waals surface area contributed by atoms with E-state index >= 15 is 0 Å². The normalized spacial score (nSPS) is 13.6. The molecule has 0 bridgehead atoms. The average Bonchev–Trinajstić information content (AvgIpc) is 2.86. The molecule has 5 nitrogen and oxygen atoms in total. The van der Waals surface area contributed by atoms with Crippen LogP contribution in [0.3, 0.4) is 0 Å². The number of carbonyl (C=O) groups excluding carboxylic acids is 1. The van der Waals surface area contributed by atoms with Crippen molar-refractivity contribution in [1.29, 1.82) is 0 Å². The topological polar surface area (TPSA) is 66.9 Å². The third-order valence-electron chi connectivity index (χ3n) is 5.41. The minimum absolute atomic E-state index is 0. The number of aromatic nitrogens is 2. The summed E-state index contributed by atoms with van der Waals surface area (Å²) in [5, 5.41) is 14.9. The smallest absolute Gasteiger partial charge is 0.251 e. The highest BCUT2D eigenvalue weighted by molar-refractivity contribution is 5.95. The lowest BCUT2D eigenvalue weighted by Crippen LogP contribution is -2.30. The molecule has 1 aliphatic rings. The summed E-state index contributed by atoms with van der Waals surface area (Å²) >= 11 is 0. The fourth-order valence-electron chi connectivity index (χ4n) is 3.78. The average molecular weight is 421 g/mol. The van der Waals surface area contributed by atoms with Crippen LogP contribution in [0.2, 0.25) is 0 Å². The van der Waals surface area contributed by atoms with Crippen molar-refractivity contribution < 1.29 is 7.65 Å². The molecule has 0 atom stereocenters. The first-order chi connectivity index (χ1) is 15.3. The van der Waals surface area contributed by atoms with Crippen LogP contribution in [-0.4, -0.2) is 22.6 Å². The number of amides is 1. The van der Waals surface area contributed by atoms with Gasteiger partial charge in [0.15, 0.2) is 5.82 Å². The van der Waals surface area contributed by atoms with E-state index in [1.54, 1.807) is 0 Å². The van der Waals surface area contributed by atoms with Crippen molar-refractivity contribution in [1.82, 2.24) is 15.5 Å². The SMILES string of the molecule is CC.O=C(NCC1CCCCC1)c1cccc(Nc2ccc(-c3ccccc3)nn2)c1.[HH].[HH]. The van der Waals surface area contributed by atoms with Gasteiger partial charge in [0.05, 0.1) is 5.69 Å². The summed E-state index contributed by atoms with van der Waals surface area (Å²) < 4.78 is 0. The second-order valence-electron chi connectivity index (χ2n) is 7.59. The first-order valence-electron chi connectivity index (χ1n) is 11.3. The molecule has 1 aromatic heterocycles. The van der Waals surface area contributed by atoms with Gasteiger partial charge >= 0.3 is 0 Å². The largest absolute Gasteiger partial charge is 0.352 e. The Bertz CT molecular complexity index is 946. The van der Waals surface area contributed by atoms with Gasteiger partial charge in [0, 0.05) is 26.2 Å². The van der Waals surface area contributed by atoms with Gasteiger partial charge in [0.25, 0.3) is 5.91 Å². The summed E-state index contributed by atoms with van der Waals surface area (Å²) in [6.45, 7) is 4.77. The molecule has 0 spiro atoms. The fourth-order valence-corrected chi connectivity index (χ4v) is 3.78. The van der Waals surface area contributed by atoms with Crippen molar-refractivity contribution in [3.8, 4) is 11.3 Å². The monoisotopic (exact) mass is 420 g/mol. The number of anilines is 2. The Morgan fingerprint density at radius 1 is 0.935 bits per heavy atom. The maximum absolute atomic E-state index is 12.5. The summed E-state index contributed by atoms with van der Waals surface area (Å²) in [6.07, 6.45) is 6.33. The summed E-state index contributed by atoms with van der Waals surface area (Å²) in [5.74, 6) is 1.24. The highest BCUT2D eigenvalue weighted by atomic mass is 16.1. The highest BCUT2D eigenvalue weighted by Crippen LogP contribution is 2.23. The molecular weight excluding hydrogens is 384 g/mol. The fraction of sp³-hybridized carbons (Fsp3) is 0.346. The molecule has 0 radical (unpaired) electrons. The molecule has 3 aromatic rings. The van der Waals surface area contributed by atoms with Gasteiger partial charge in [-0.1, -0.05) is 69.5 Å². The lowest BCUT2D eigenvalue weighted by atomic mass is 9.89. The van der Waals surface area contributed by atoms with Crippen molar-refractivity contribution in [3.63, 3.8) is 0 Å². The van der Waals surface area contributed by atoms with Gasteiger partial charge in [-0.3, -0.25) is 4.79 Å². The van der Waals surface area contributed by atoms with E-state index in [0.29, 0.717) is 17.3 Å². The maximum Gasteiger partial charge on any atom is 0.251 e. The summed E-state index contributed by atoms with van der Waals surface area (Å²) in [7, 11) is 0. The van der Waals surface area contributed by atoms with Crippen LogP contribution >= 0.6 is 0 Å². The van der Waals surface area contributed by atoms with Crippen LogP contribution in [0.5, 0.6) is 0 Å². The van der Waals surface area contributed by atoms with Crippen LogP contribution in [0.15, 0.2) is 66.7 Å². The number of benzene rings is 2. The molecule has 0 unspecified atom stereocenters. The van der Waals surface area contributed by atoms with Crippen molar-refractivity contribution in [2.24, 2.45) is 5.92 Å². The van der Waals surface area contributed by atoms with Gasteiger partial charge in [0.2, 0.25) is 0 Å². The molecule has 1 aliphatic carbocycles. The Kier molecular flexibility index (Phi) is 8.59. The number of nitrogens with zero attached hydrogens (tertiary/aromatic N) is 2. The molecule has 1 heterocycles. The van der Waals surface area contributed by atoms with E-state index in [9.17, 15) is 4.79 Å². The van der Waals surface area contributed by atoms with Crippen LogP contribution in [0, 0.1) is 5.92 Å². The molecule has 166 valence electrons. The molecule has 2 N–H and O–H groups in total. The molecule has 31 heavy (non-hydrogen) atoms. The zero-order valence-electron chi connectivity index (χ0n) is 18.5. The number of nitrogens with one attached hydrogen (secondary N) is 2. The molecular formula is C26H36N4O. The third kappa shape index (κ3) is 6.64. The zero-order chi connectivity index (χ0) is 21.9. The van der Waals surface area contributed by atoms with Crippen LogP contribution in [0.1, 0.15) is 59.2 Å². The van der Waals surface area contributed by atoms with Crippen LogP contribution in [0.4, 0.5) is 11.5 Å². The van der Waals surface area contributed by atoms with Gasteiger partial charge in [0.1, 0.15) is 0 Å². The number of hydrogen-bond acceptors (Lipinski definition) is 4. The number of carbonyl (C=O) groups is 1. The number of hydrogen-bond donors (Lipinski definition) is 2. The Labute approximate surface area is 188 Å². The zero-order valence-corrected chi connectivity index (χ0v) is 18.5. The van der Waals surface area contributed by atoms with Crippen molar-refractivity contribution >= 4 is 17.4 Å². The van der Waals surface area contributed by atoms with E-state index < -0.39 is 0 Å². The van der Waals surface area contributed by atoms with Gasteiger partial charge in [-0.25, -0.2) is 0 Å². The molecule has 0 saturated heterocycles. The van der Waals surface area contributed by atoms with Gasteiger partial charge in [-0.05, 0) is 49.1 Å². The molecule has 1 amide bonds. The van der Waals surface area contributed by atoms with Crippen molar-refractivity contribution in [2.75, 3.05) is 11.9 Å². The number of rotatable bonds is 6. The summed E-state index contributed by atoms with van der Waals surface area (Å²) in [6, 6.07) is 21.3. The second-order valence-corrected chi connectivity index (χ2v) is 7.59. The van der Waals surface area contributed by atoms with Crippen molar-refractivity contribution in [2.45, 2.75) is 46.0 Å². The van der Waals surface area contributed by atoms with Gasteiger partial charge < -0.3 is 10.6 Å². The predicted molar refractivity (Wildman–Crippen MR) is 132 cm³/mol. The first-order valence-corrected chi connectivity index (χ1v) is 11.3. The van der Waals surface area contributed by atoms with E-state index in [1.807, 2.05) is 80.6 Å². The Balaban J connectivity index is 0.00000133. The van der Waals surface area contributed by atoms with E-state index in [2.05, 4.69) is 20.8 Å². The van der Waals surface area contributed by atoms with E-state index in [1.165, 1.54) is 32.1 Å². The van der Waals surface area contributed by atoms with E-state index in [0.717, 1.165) is 23.5 Å². The van der Waals surface area contributed by atoms with Crippen LogP contribution < -0.4 is 10.6 Å². The molecule has 5 heteroatoms. The minimum atomic E-state index is -0.0234. The summed E-state index contributed by atoms with van der Waals surface area (Å²) in [4.78, 5) is 12.5. The standard InChI is InChI=1S/C24H26N4O.C2H6.2H2/c29-24(25-17-18-8-3-1-4-9-18)20-12-7-13-21(16-20)26-23-15-14-22(27-28-23)19-10-5-2-6-11-19;1-2;;/h2,5-7,10-16,18H,1,3-4,8-9,17H2,(H,25,29)(H,26,28);1-2H3;2*1H. The van der Waals surface area contributed by atoms with Gasteiger partial charge in [-0.2, -0.15) is 0 Å². The lowest BCUT2D eigenvalue weighted by Gasteiger charge is -2.21. The van der Waals surface area contributed by atoms with E-state index in [-0.39, 0.29) is 8.76 Å². The molecule has 0 aliphatic heterocycles. The molecule has 2 aromatic carbocycles. The Morgan fingerprint density at radius 2 is 1.71 bits per heavy atom. The lowest BCUT2D eigenvalue weighted by molar-refractivity contribution is 0.0943.